The van der Waals surface area contributed by atoms with Gasteiger partial charge in [-0.3, -0.25) is 4.79 Å². The number of para-hydroxylation sites is 2. The molecule has 1 N–H and O–H groups in total. The van der Waals surface area contributed by atoms with Crippen LogP contribution in [0.1, 0.15) is 77.5 Å². The lowest BCUT2D eigenvalue weighted by molar-refractivity contribution is -0.118. The van der Waals surface area contributed by atoms with Crippen LogP contribution in [0.3, 0.4) is 0 Å². The Bertz CT molecular complexity index is 662. The minimum atomic E-state index is 0.0393. The molecule has 1 aromatic heterocycles. The van der Waals surface area contributed by atoms with Crippen molar-refractivity contribution in [3.8, 4) is 0 Å². The third-order valence-corrected chi connectivity index (χ3v) is 4.92. The van der Waals surface area contributed by atoms with Gasteiger partial charge in [-0.25, -0.2) is 4.98 Å². The zero-order valence-electron chi connectivity index (χ0n) is 16.6. The molecule has 0 aliphatic heterocycles. The van der Waals surface area contributed by atoms with Crippen LogP contribution < -0.4 is 5.32 Å². The van der Waals surface area contributed by atoms with E-state index >= 15 is 0 Å². The van der Waals surface area contributed by atoms with Crippen molar-refractivity contribution < 1.29 is 4.79 Å². The summed E-state index contributed by atoms with van der Waals surface area (Å²) in [6, 6.07) is 8.41. The Hall–Kier alpha value is -1.84. The second-order valence-electron chi connectivity index (χ2n) is 7.23. The number of aromatic nitrogens is 2. The SMILES string of the molecule is CCCCCCCCCCn1c(CCCNC(C)=O)nc2ccccc21. The van der Waals surface area contributed by atoms with E-state index in [-0.39, 0.29) is 5.91 Å². The number of aryl methyl sites for hydroxylation is 2. The second-order valence-corrected chi connectivity index (χ2v) is 7.23. The average Bonchev–Trinajstić information content (AvgIpc) is 2.98. The van der Waals surface area contributed by atoms with Crippen LogP contribution in [-0.2, 0) is 17.8 Å². The number of hydrogen-bond donors (Lipinski definition) is 1. The Labute approximate surface area is 158 Å². The van der Waals surface area contributed by atoms with Crippen LogP contribution in [0.4, 0.5) is 0 Å². The van der Waals surface area contributed by atoms with E-state index in [0.717, 1.165) is 37.3 Å². The highest BCUT2D eigenvalue weighted by molar-refractivity contribution is 5.76. The number of carbonyl (C=O) groups excluding carboxylic acids is 1. The van der Waals surface area contributed by atoms with Gasteiger partial charge in [0.1, 0.15) is 5.82 Å². The molecule has 0 saturated carbocycles. The smallest absolute Gasteiger partial charge is 0.216 e. The molecule has 0 unspecified atom stereocenters. The summed E-state index contributed by atoms with van der Waals surface area (Å²) in [6.45, 7) is 5.60. The first kappa shape index (κ1) is 20.5. The van der Waals surface area contributed by atoms with Crippen LogP contribution >= 0.6 is 0 Å². The lowest BCUT2D eigenvalue weighted by atomic mass is 10.1. The number of unbranched alkanes of at least 4 members (excludes halogenated alkanes) is 7. The molecular formula is C22H35N3O. The minimum Gasteiger partial charge on any atom is -0.356 e. The molecule has 1 aromatic carbocycles. The van der Waals surface area contributed by atoms with Gasteiger partial charge in [-0.1, -0.05) is 64.0 Å². The number of hydrogen-bond acceptors (Lipinski definition) is 2. The average molecular weight is 358 g/mol. The van der Waals surface area contributed by atoms with Crippen molar-refractivity contribution in [2.75, 3.05) is 6.54 Å². The molecule has 2 rings (SSSR count). The van der Waals surface area contributed by atoms with Gasteiger partial charge in [-0.15, -0.1) is 0 Å². The van der Waals surface area contributed by atoms with Gasteiger partial charge in [0.25, 0.3) is 0 Å². The fourth-order valence-electron chi connectivity index (χ4n) is 3.48. The number of carbonyl (C=O) groups is 1. The maximum Gasteiger partial charge on any atom is 0.216 e. The van der Waals surface area contributed by atoms with Crippen LogP contribution in [0.5, 0.6) is 0 Å². The third kappa shape index (κ3) is 6.81. The van der Waals surface area contributed by atoms with Crippen LogP contribution in [0.2, 0.25) is 0 Å². The fourth-order valence-corrected chi connectivity index (χ4v) is 3.48. The van der Waals surface area contributed by atoms with E-state index in [0.29, 0.717) is 0 Å². The number of amides is 1. The Morgan fingerprint density at radius 3 is 2.42 bits per heavy atom. The second kappa shape index (κ2) is 11.7. The van der Waals surface area contributed by atoms with Gasteiger partial charge in [-0.05, 0) is 25.0 Å². The molecule has 1 heterocycles. The number of rotatable bonds is 13. The molecule has 26 heavy (non-hydrogen) atoms. The van der Waals surface area contributed by atoms with Crippen molar-refractivity contribution in [2.24, 2.45) is 0 Å². The highest BCUT2D eigenvalue weighted by Gasteiger charge is 2.10. The van der Waals surface area contributed by atoms with Crippen molar-refractivity contribution in [1.82, 2.24) is 14.9 Å². The van der Waals surface area contributed by atoms with E-state index in [9.17, 15) is 4.79 Å². The maximum atomic E-state index is 11.0. The molecule has 4 nitrogen and oxygen atoms in total. The highest BCUT2D eigenvalue weighted by atomic mass is 16.1. The van der Waals surface area contributed by atoms with E-state index in [4.69, 9.17) is 4.98 Å². The van der Waals surface area contributed by atoms with Gasteiger partial charge in [0.05, 0.1) is 11.0 Å². The quantitative estimate of drug-likeness (QED) is 0.498. The van der Waals surface area contributed by atoms with Crippen LogP contribution in [-0.4, -0.2) is 22.0 Å². The van der Waals surface area contributed by atoms with Gasteiger partial charge in [-0.2, -0.15) is 0 Å². The van der Waals surface area contributed by atoms with Crippen molar-refractivity contribution in [1.29, 1.82) is 0 Å². The molecule has 2 aromatic rings. The molecule has 0 aliphatic carbocycles. The lowest BCUT2D eigenvalue weighted by Gasteiger charge is -2.10. The van der Waals surface area contributed by atoms with E-state index in [1.165, 1.54) is 56.9 Å². The third-order valence-electron chi connectivity index (χ3n) is 4.92. The summed E-state index contributed by atoms with van der Waals surface area (Å²) in [6.07, 6.45) is 12.5. The van der Waals surface area contributed by atoms with E-state index in [1.54, 1.807) is 6.92 Å². The summed E-state index contributed by atoms with van der Waals surface area (Å²) in [4.78, 5) is 15.8. The Kier molecular flexibility index (Phi) is 9.22. The zero-order valence-corrected chi connectivity index (χ0v) is 16.6. The summed E-state index contributed by atoms with van der Waals surface area (Å²) in [5.74, 6) is 1.19. The topological polar surface area (TPSA) is 46.9 Å². The zero-order chi connectivity index (χ0) is 18.6. The molecular weight excluding hydrogens is 322 g/mol. The predicted octanol–water partition coefficient (Wildman–Crippen LogP) is 5.25. The molecule has 0 bridgehead atoms. The molecule has 4 heteroatoms. The highest BCUT2D eigenvalue weighted by Crippen LogP contribution is 2.19. The molecule has 0 spiro atoms. The number of nitrogens with one attached hydrogen (secondary N) is 1. The normalized spacial score (nSPS) is 11.2. The molecule has 0 radical (unpaired) electrons. The predicted molar refractivity (Wildman–Crippen MR) is 109 cm³/mol. The summed E-state index contributed by atoms with van der Waals surface area (Å²) >= 11 is 0. The number of benzene rings is 1. The fraction of sp³-hybridized carbons (Fsp3) is 0.636. The summed E-state index contributed by atoms with van der Waals surface area (Å²) in [7, 11) is 0. The summed E-state index contributed by atoms with van der Waals surface area (Å²) < 4.78 is 2.39. The maximum absolute atomic E-state index is 11.0. The van der Waals surface area contributed by atoms with Gasteiger partial charge < -0.3 is 9.88 Å². The van der Waals surface area contributed by atoms with Crippen LogP contribution in [0.25, 0.3) is 11.0 Å². The largest absolute Gasteiger partial charge is 0.356 e. The first-order valence-corrected chi connectivity index (χ1v) is 10.4. The van der Waals surface area contributed by atoms with E-state index in [1.807, 2.05) is 0 Å². The van der Waals surface area contributed by atoms with Crippen molar-refractivity contribution in [3.05, 3.63) is 30.1 Å². The van der Waals surface area contributed by atoms with Gasteiger partial charge in [0.15, 0.2) is 0 Å². The van der Waals surface area contributed by atoms with Crippen LogP contribution in [0.15, 0.2) is 24.3 Å². The van der Waals surface area contributed by atoms with Crippen LogP contribution in [0, 0.1) is 0 Å². The molecule has 0 aliphatic rings. The van der Waals surface area contributed by atoms with Crippen molar-refractivity contribution in [2.45, 2.75) is 84.6 Å². The standard InChI is InChI=1S/C22H35N3O/c1-3-4-5-6-7-8-9-12-18-25-21-15-11-10-14-20(21)24-22(25)16-13-17-23-19(2)26/h10-11,14-15H,3-9,12-13,16-18H2,1-2H3,(H,23,26). The van der Waals surface area contributed by atoms with Gasteiger partial charge in [0, 0.05) is 26.4 Å². The Morgan fingerprint density at radius 1 is 1.00 bits per heavy atom. The monoisotopic (exact) mass is 357 g/mol. The first-order chi connectivity index (χ1) is 12.7. The molecule has 144 valence electrons. The van der Waals surface area contributed by atoms with Crippen molar-refractivity contribution >= 4 is 16.9 Å². The number of fused-ring (bicyclic) bond motifs is 1. The number of imidazole rings is 1. The van der Waals surface area contributed by atoms with Gasteiger partial charge >= 0.3 is 0 Å². The number of nitrogens with zero attached hydrogens (tertiary/aromatic N) is 2. The van der Waals surface area contributed by atoms with Gasteiger partial charge in [0.2, 0.25) is 5.91 Å². The molecule has 0 atom stereocenters. The Balaban J connectivity index is 1.84. The molecule has 0 saturated heterocycles. The summed E-state index contributed by atoms with van der Waals surface area (Å²) in [5.41, 5.74) is 2.33. The summed E-state index contributed by atoms with van der Waals surface area (Å²) in [5, 5.41) is 2.87. The first-order valence-electron chi connectivity index (χ1n) is 10.4. The molecule has 0 fully saturated rings. The minimum absolute atomic E-state index is 0.0393. The molecule has 1 amide bonds. The Morgan fingerprint density at radius 2 is 1.69 bits per heavy atom. The lowest BCUT2D eigenvalue weighted by Crippen LogP contribution is -2.21. The van der Waals surface area contributed by atoms with E-state index in [2.05, 4.69) is 41.1 Å². The van der Waals surface area contributed by atoms with E-state index < -0.39 is 0 Å². The van der Waals surface area contributed by atoms with Crippen molar-refractivity contribution in [3.63, 3.8) is 0 Å².